The van der Waals surface area contributed by atoms with Gasteiger partial charge in [-0.3, -0.25) is 19.5 Å². The summed E-state index contributed by atoms with van der Waals surface area (Å²) in [4.78, 5) is 33.6. The van der Waals surface area contributed by atoms with Gasteiger partial charge in [-0.1, -0.05) is 12.8 Å². The number of anilines is 1. The molecule has 1 aliphatic heterocycles. The number of aromatic nitrogens is 1. The van der Waals surface area contributed by atoms with Gasteiger partial charge in [-0.25, -0.2) is 4.39 Å². The van der Waals surface area contributed by atoms with Crippen LogP contribution in [0.3, 0.4) is 0 Å². The van der Waals surface area contributed by atoms with Crippen molar-refractivity contribution < 1.29 is 14.0 Å². The Labute approximate surface area is 188 Å². The van der Waals surface area contributed by atoms with Crippen LogP contribution in [0.4, 0.5) is 10.1 Å². The third-order valence-electron chi connectivity index (χ3n) is 6.67. The summed E-state index contributed by atoms with van der Waals surface area (Å²) in [5, 5.41) is 2.85. The van der Waals surface area contributed by atoms with E-state index in [1.165, 1.54) is 12.1 Å². The lowest BCUT2D eigenvalue weighted by atomic mass is 10.0. The number of hydrogen-bond acceptors (Lipinski definition) is 4. The Morgan fingerprint density at radius 3 is 2.50 bits per heavy atom. The standard InChI is InChI=1S/C25H31FN4O2/c1-17-13-20(7-8-27-17)24(31)28-23-15-22(26)14-21(18(23)2)16-29-9-11-30(12-10-29)25(32)19-5-3-4-6-19/h7-8,13-15,19H,3-6,9-12,16H2,1-2H3,(H,28,31). The fourth-order valence-electron chi connectivity index (χ4n) is 4.71. The van der Waals surface area contributed by atoms with Gasteiger partial charge in [0.05, 0.1) is 0 Å². The van der Waals surface area contributed by atoms with Crippen LogP contribution in [0.2, 0.25) is 0 Å². The van der Waals surface area contributed by atoms with Gasteiger partial charge in [-0.2, -0.15) is 0 Å². The molecule has 2 heterocycles. The molecule has 0 atom stereocenters. The lowest BCUT2D eigenvalue weighted by molar-refractivity contribution is -0.137. The third-order valence-corrected chi connectivity index (χ3v) is 6.67. The number of aryl methyl sites for hydroxylation is 1. The van der Waals surface area contributed by atoms with Crippen molar-refractivity contribution >= 4 is 17.5 Å². The Bertz CT molecular complexity index is 995. The average Bonchev–Trinajstić information content (AvgIpc) is 3.32. The quantitative estimate of drug-likeness (QED) is 0.768. The maximum Gasteiger partial charge on any atom is 0.255 e. The topological polar surface area (TPSA) is 65.5 Å². The molecule has 32 heavy (non-hydrogen) atoms. The molecule has 1 aromatic carbocycles. The molecule has 0 bridgehead atoms. The summed E-state index contributed by atoms with van der Waals surface area (Å²) < 4.78 is 14.4. The van der Waals surface area contributed by atoms with Crippen molar-refractivity contribution in [3.8, 4) is 0 Å². The number of piperazine rings is 1. The van der Waals surface area contributed by atoms with Gasteiger partial charge in [0.2, 0.25) is 5.91 Å². The van der Waals surface area contributed by atoms with Crippen molar-refractivity contribution in [2.75, 3.05) is 31.5 Å². The van der Waals surface area contributed by atoms with Gasteiger partial charge in [0.25, 0.3) is 5.91 Å². The Kier molecular flexibility index (Phi) is 6.84. The number of halogens is 1. The van der Waals surface area contributed by atoms with E-state index < -0.39 is 0 Å². The molecule has 1 aliphatic carbocycles. The number of carbonyl (C=O) groups excluding carboxylic acids is 2. The number of amides is 2. The number of nitrogens with one attached hydrogen (secondary N) is 1. The van der Waals surface area contributed by atoms with Gasteiger partial charge < -0.3 is 10.2 Å². The van der Waals surface area contributed by atoms with Gasteiger partial charge >= 0.3 is 0 Å². The second-order valence-electron chi connectivity index (χ2n) is 8.96. The number of rotatable bonds is 5. The first-order chi connectivity index (χ1) is 15.4. The summed E-state index contributed by atoms with van der Waals surface area (Å²) in [7, 11) is 0. The van der Waals surface area contributed by atoms with E-state index in [1.807, 2.05) is 18.7 Å². The summed E-state index contributed by atoms with van der Waals surface area (Å²) in [6.45, 7) is 7.29. The molecule has 4 rings (SSSR count). The molecule has 0 spiro atoms. The largest absolute Gasteiger partial charge is 0.340 e. The molecule has 0 unspecified atom stereocenters. The van der Waals surface area contributed by atoms with Crippen molar-refractivity contribution in [2.24, 2.45) is 5.92 Å². The molecule has 1 N–H and O–H groups in total. The van der Waals surface area contributed by atoms with Crippen LogP contribution in [-0.2, 0) is 11.3 Å². The zero-order valence-electron chi connectivity index (χ0n) is 18.9. The Morgan fingerprint density at radius 2 is 1.81 bits per heavy atom. The highest BCUT2D eigenvalue weighted by Gasteiger charge is 2.29. The molecular formula is C25H31FN4O2. The average molecular weight is 439 g/mol. The highest BCUT2D eigenvalue weighted by molar-refractivity contribution is 6.04. The summed E-state index contributed by atoms with van der Waals surface area (Å²) in [6, 6.07) is 6.25. The van der Waals surface area contributed by atoms with Gasteiger partial charge in [-0.05, 0) is 62.1 Å². The molecule has 2 aliphatic rings. The summed E-state index contributed by atoms with van der Waals surface area (Å²) in [5.41, 5.74) is 3.43. The van der Waals surface area contributed by atoms with Gasteiger partial charge in [-0.15, -0.1) is 0 Å². The predicted octanol–water partition coefficient (Wildman–Crippen LogP) is 3.92. The second-order valence-corrected chi connectivity index (χ2v) is 8.96. The molecular weight excluding hydrogens is 407 g/mol. The minimum absolute atomic E-state index is 0.211. The third kappa shape index (κ3) is 5.15. The van der Waals surface area contributed by atoms with Crippen LogP contribution in [0.5, 0.6) is 0 Å². The molecule has 2 amide bonds. The first-order valence-electron chi connectivity index (χ1n) is 11.4. The van der Waals surface area contributed by atoms with Crippen LogP contribution in [-0.4, -0.2) is 52.8 Å². The van der Waals surface area contributed by atoms with E-state index in [1.54, 1.807) is 18.3 Å². The fraction of sp³-hybridized carbons (Fsp3) is 0.480. The predicted molar refractivity (Wildman–Crippen MR) is 122 cm³/mol. The highest BCUT2D eigenvalue weighted by atomic mass is 19.1. The first kappa shape index (κ1) is 22.4. The van der Waals surface area contributed by atoms with Crippen molar-refractivity contribution in [1.82, 2.24) is 14.8 Å². The minimum atomic E-state index is -0.373. The van der Waals surface area contributed by atoms with Crippen LogP contribution >= 0.6 is 0 Å². The Hall–Kier alpha value is -2.80. The van der Waals surface area contributed by atoms with E-state index >= 15 is 0 Å². The van der Waals surface area contributed by atoms with Crippen LogP contribution in [0, 0.1) is 25.6 Å². The molecule has 1 aromatic heterocycles. The zero-order chi connectivity index (χ0) is 22.7. The normalized spacial score (nSPS) is 17.5. The van der Waals surface area contributed by atoms with Crippen LogP contribution in [0.15, 0.2) is 30.5 Å². The maximum absolute atomic E-state index is 14.4. The lowest BCUT2D eigenvalue weighted by Gasteiger charge is -2.36. The number of carbonyl (C=O) groups is 2. The van der Waals surface area contributed by atoms with E-state index in [-0.39, 0.29) is 17.6 Å². The summed E-state index contributed by atoms with van der Waals surface area (Å²) in [6.07, 6.45) is 5.96. The lowest BCUT2D eigenvalue weighted by Crippen LogP contribution is -2.49. The summed E-state index contributed by atoms with van der Waals surface area (Å²) >= 11 is 0. The molecule has 0 radical (unpaired) electrons. The maximum atomic E-state index is 14.4. The van der Waals surface area contributed by atoms with E-state index in [9.17, 15) is 14.0 Å². The van der Waals surface area contributed by atoms with E-state index in [2.05, 4.69) is 15.2 Å². The van der Waals surface area contributed by atoms with Gasteiger partial charge in [0, 0.05) is 61.8 Å². The molecule has 1 saturated carbocycles. The number of benzene rings is 1. The molecule has 7 heteroatoms. The molecule has 2 aromatic rings. The van der Waals surface area contributed by atoms with Crippen LogP contribution < -0.4 is 5.32 Å². The van der Waals surface area contributed by atoms with Crippen molar-refractivity contribution in [2.45, 2.75) is 46.1 Å². The molecule has 1 saturated heterocycles. The first-order valence-corrected chi connectivity index (χ1v) is 11.4. The van der Waals surface area contributed by atoms with Crippen molar-refractivity contribution in [3.63, 3.8) is 0 Å². The van der Waals surface area contributed by atoms with Gasteiger partial charge in [0.15, 0.2) is 0 Å². The van der Waals surface area contributed by atoms with Crippen LogP contribution in [0.25, 0.3) is 0 Å². The fourth-order valence-corrected chi connectivity index (χ4v) is 4.71. The molecule has 6 nitrogen and oxygen atoms in total. The van der Waals surface area contributed by atoms with Crippen molar-refractivity contribution in [1.29, 1.82) is 0 Å². The SMILES string of the molecule is Cc1cc(C(=O)Nc2cc(F)cc(CN3CCN(C(=O)C4CCCC4)CC3)c2C)ccn1. The Morgan fingerprint density at radius 1 is 1.09 bits per heavy atom. The highest BCUT2D eigenvalue weighted by Crippen LogP contribution is 2.28. The summed E-state index contributed by atoms with van der Waals surface area (Å²) in [5.74, 6) is -0.140. The van der Waals surface area contributed by atoms with Crippen molar-refractivity contribution in [3.05, 3.63) is 58.7 Å². The number of nitrogens with zero attached hydrogens (tertiary/aromatic N) is 3. The van der Waals surface area contributed by atoms with E-state index in [0.29, 0.717) is 36.8 Å². The van der Waals surface area contributed by atoms with Crippen LogP contribution in [0.1, 0.15) is 52.9 Å². The molecule has 2 fully saturated rings. The zero-order valence-corrected chi connectivity index (χ0v) is 18.9. The minimum Gasteiger partial charge on any atom is -0.340 e. The smallest absolute Gasteiger partial charge is 0.255 e. The number of pyridine rings is 1. The molecule has 170 valence electrons. The van der Waals surface area contributed by atoms with E-state index in [4.69, 9.17) is 0 Å². The van der Waals surface area contributed by atoms with E-state index in [0.717, 1.165) is 55.6 Å². The second kappa shape index (κ2) is 9.77. The monoisotopic (exact) mass is 438 g/mol. The van der Waals surface area contributed by atoms with Gasteiger partial charge in [0.1, 0.15) is 5.82 Å². The number of hydrogen-bond donors (Lipinski definition) is 1. The Balaban J connectivity index is 1.39.